The van der Waals surface area contributed by atoms with Gasteiger partial charge in [0.15, 0.2) is 5.78 Å². The average molecular weight is 387 g/mol. The van der Waals surface area contributed by atoms with Gasteiger partial charge in [-0.2, -0.15) is 0 Å². The highest BCUT2D eigenvalue weighted by molar-refractivity contribution is 6.22. The van der Waals surface area contributed by atoms with Gasteiger partial charge in [-0.05, 0) is 74.5 Å². The zero-order valence-corrected chi connectivity index (χ0v) is 18.0. The summed E-state index contributed by atoms with van der Waals surface area (Å²) in [6.45, 7) is 13.1. The van der Waals surface area contributed by atoms with Gasteiger partial charge in [0.25, 0.3) is 0 Å². The molecular formula is C27H27FO. The fraction of sp³-hybridized carbons (Fsp3) is 0.296. The van der Waals surface area contributed by atoms with Crippen molar-refractivity contribution >= 4 is 5.78 Å². The van der Waals surface area contributed by atoms with Gasteiger partial charge >= 0.3 is 0 Å². The van der Waals surface area contributed by atoms with E-state index >= 15 is 0 Å². The summed E-state index contributed by atoms with van der Waals surface area (Å²) in [7, 11) is 0. The van der Waals surface area contributed by atoms with Crippen molar-refractivity contribution in [3.63, 3.8) is 0 Å². The monoisotopic (exact) mass is 386 g/mol. The summed E-state index contributed by atoms with van der Waals surface area (Å²) >= 11 is 0. The highest BCUT2D eigenvalue weighted by atomic mass is 19.1. The quantitative estimate of drug-likeness (QED) is 0.335. The molecule has 0 unspecified atom stereocenters. The van der Waals surface area contributed by atoms with Crippen LogP contribution in [0.2, 0.25) is 0 Å². The second-order valence-corrected chi connectivity index (χ2v) is 10.0. The number of hydrogen-bond donors (Lipinski definition) is 0. The lowest BCUT2D eigenvalue weighted by molar-refractivity contribution is 0.104. The molecule has 1 nitrogen and oxygen atoms in total. The summed E-state index contributed by atoms with van der Waals surface area (Å²) in [4.78, 5) is 13.2. The zero-order chi connectivity index (χ0) is 21.1. The first-order valence-electron chi connectivity index (χ1n) is 10.1. The number of fused-ring (bicyclic) bond motifs is 3. The molecule has 1 aliphatic carbocycles. The van der Waals surface area contributed by atoms with Crippen LogP contribution in [0.4, 0.5) is 4.39 Å². The molecule has 0 spiro atoms. The minimum absolute atomic E-state index is 0.0156. The van der Waals surface area contributed by atoms with Crippen molar-refractivity contribution in [2.75, 3.05) is 0 Å². The standard InChI is InChI=1S/C27H27FO/c1-26(2,3)17-9-12-19-21(13-17)22-15-24(27(4,5)6)20(14-23(22)25(19)29)16-7-10-18(28)11-8-16/h7-15H,1-6H3. The molecule has 2 heteroatoms. The van der Waals surface area contributed by atoms with Gasteiger partial charge < -0.3 is 0 Å². The topological polar surface area (TPSA) is 17.1 Å². The predicted octanol–water partition coefficient (Wildman–Crippen LogP) is 7.30. The largest absolute Gasteiger partial charge is 0.289 e. The number of benzene rings is 3. The fourth-order valence-electron chi connectivity index (χ4n) is 4.08. The van der Waals surface area contributed by atoms with Crippen LogP contribution in [-0.2, 0) is 10.8 Å². The van der Waals surface area contributed by atoms with E-state index in [1.807, 2.05) is 12.1 Å². The Bertz CT molecular complexity index is 1120. The van der Waals surface area contributed by atoms with Crippen molar-refractivity contribution in [3.8, 4) is 22.3 Å². The maximum atomic E-state index is 13.5. The molecule has 148 valence electrons. The van der Waals surface area contributed by atoms with Crippen LogP contribution in [0.1, 0.15) is 68.6 Å². The van der Waals surface area contributed by atoms with E-state index in [0.29, 0.717) is 0 Å². The smallest absolute Gasteiger partial charge is 0.194 e. The van der Waals surface area contributed by atoms with Gasteiger partial charge in [0, 0.05) is 11.1 Å². The molecule has 3 aromatic rings. The SMILES string of the molecule is CC(C)(C)c1ccc2c(c1)-c1cc(C(C)(C)C)c(-c3ccc(F)cc3)cc1C2=O. The average Bonchev–Trinajstić information content (AvgIpc) is 2.92. The van der Waals surface area contributed by atoms with Crippen molar-refractivity contribution in [2.24, 2.45) is 0 Å². The lowest BCUT2D eigenvalue weighted by atomic mass is 9.79. The maximum Gasteiger partial charge on any atom is 0.194 e. The van der Waals surface area contributed by atoms with E-state index < -0.39 is 0 Å². The van der Waals surface area contributed by atoms with Gasteiger partial charge in [0.05, 0.1) is 0 Å². The molecule has 4 rings (SSSR count). The Kier molecular flexibility index (Phi) is 4.31. The third-order valence-electron chi connectivity index (χ3n) is 5.79. The van der Waals surface area contributed by atoms with Crippen molar-refractivity contribution in [3.05, 3.63) is 82.7 Å². The molecule has 0 atom stereocenters. The van der Waals surface area contributed by atoms with Crippen LogP contribution in [0.3, 0.4) is 0 Å². The molecule has 0 fully saturated rings. The molecule has 29 heavy (non-hydrogen) atoms. The predicted molar refractivity (Wildman–Crippen MR) is 118 cm³/mol. The molecule has 0 heterocycles. The Balaban J connectivity index is 1.98. The summed E-state index contributed by atoms with van der Waals surface area (Å²) in [5.74, 6) is -0.190. The van der Waals surface area contributed by atoms with E-state index in [-0.39, 0.29) is 22.4 Å². The minimum atomic E-state index is -0.259. The normalized spacial score (nSPS) is 13.4. The number of hydrogen-bond acceptors (Lipinski definition) is 1. The Hall–Kier alpha value is -2.74. The zero-order valence-electron chi connectivity index (χ0n) is 18.0. The van der Waals surface area contributed by atoms with Gasteiger partial charge in [-0.25, -0.2) is 4.39 Å². The molecule has 0 amide bonds. The molecule has 1 aliphatic rings. The van der Waals surface area contributed by atoms with E-state index in [9.17, 15) is 9.18 Å². The van der Waals surface area contributed by atoms with Crippen LogP contribution in [0.15, 0.2) is 54.6 Å². The molecule has 3 aromatic carbocycles. The van der Waals surface area contributed by atoms with Gasteiger partial charge in [-0.15, -0.1) is 0 Å². The molecule has 0 aliphatic heterocycles. The van der Waals surface area contributed by atoms with Crippen LogP contribution >= 0.6 is 0 Å². The van der Waals surface area contributed by atoms with Crippen LogP contribution in [-0.4, -0.2) is 5.78 Å². The first-order valence-corrected chi connectivity index (χ1v) is 10.1. The summed E-state index contributed by atoms with van der Waals surface area (Å²) in [5, 5.41) is 0. The summed E-state index contributed by atoms with van der Waals surface area (Å²) in [5.41, 5.74) is 7.73. The third kappa shape index (κ3) is 3.31. The number of halogens is 1. The van der Waals surface area contributed by atoms with E-state index in [4.69, 9.17) is 0 Å². The van der Waals surface area contributed by atoms with Crippen LogP contribution < -0.4 is 0 Å². The lowest BCUT2D eigenvalue weighted by Crippen LogP contribution is -2.13. The summed E-state index contributed by atoms with van der Waals surface area (Å²) < 4.78 is 13.5. The molecule has 0 radical (unpaired) electrons. The van der Waals surface area contributed by atoms with Crippen molar-refractivity contribution in [1.82, 2.24) is 0 Å². The Morgan fingerprint density at radius 2 is 1.24 bits per heavy atom. The van der Waals surface area contributed by atoms with Crippen LogP contribution in [0.5, 0.6) is 0 Å². The van der Waals surface area contributed by atoms with Crippen molar-refractivity contribution < 1.29 is 9.18 Å². The number of carbonyl (C=O) groups excluding carboxylic acids is 1. The molecule has 0 N–H and O–H groups in total. The molecule has 0 saturated carbocycles. The molecule has 0 bridgehead atoms. The van der Waals surface area contributed by atoms with Gasteiger partial charge in [0.2, 0.25) is 0 Å². The van der Waals surface area contributed by atoms with Gasteiger partial charge in [0.1, 0.15) is 5.82 Å². The second kappa shape index (κ2) is 6.38. The fourth-order valence-corrected chi connectivity index (χ4v) is 4.08. The van der Waals surface area contributed by atoms with Gasteiger partial charge in [-0.3, -0.25) is 4.79 Å². The number of ketones is 1. The van der Waals surface area contributed by atoms with Crippen LogP contribution in [0.25, 0.3) is 22.3 Å². The molecule has 0 aromatic heterocycles. The highest BCUT2D eigenvalue weighted by Crippen LogP contribution is 2.44. The third-order valence-corrected chi connectivity index (χ3v) is 5.79. The van der Waals surface area contributed by atoms with E-state index in [1.165, 1.54) is 17.7 Å². The van der Waals surface area contributed by atoms with E-state index in [1.54, 1.807) is 12.1 Å². The Morgan fingerprint density at radius 3 is 1.83 bits per heavy atom. The lowest BCUT2D eigenvalue weighted by Gasteiger charge is -2.25. The first kappa shape index (κ1) is 19.6. The molecular weight excluding hydrogens is 359 g/mol. The Labute approximate surface area is 172 Å². The maximum absolute atomic E-state index is 13.5. The minimum Gasteiger partial charge on any atom is -0.289 e. The first-order chi connectivity index (χ1) is 13.5. The van der Waals surface area contributed by atoms with Crippen molar-refractivity contribution in [1.29, 1.82) is 0 Å². The summed E-state index contributed by atoms with van der Waals surface area (Å²) in [6, 6.07) is 16.9. The highest BCUT2D eigenvalue weighted by Gasteiger charge is 2.31. The summed E-state index contributed by atoms with van der Waals surface area (Å²) in [6.07, 6.45) is 0. The molecule has 0 saturated heterocycles. The number of rotatable bonds is 1. The Morgan fingerprint density at radius 1 is 0.621 bits per heavy atom. The van der Waals surface area contributed by atoms with E-state index in [0.717, 1.165) is 38.9 Å². The van der Waals surface area contributed by atoms with E-state index in [2.05, 4.69) is 59.7 Å². The van der Waals surface area contributed by atoms with Crippen LogP contribution in [0, 0.1) is 5.82 Å². The van der Waals surface area contributed by atoms with Crippen molar-refractivity contribution in [2.45, 2.75) is 52.4 Å². The number of carbonyl (C=O) groups is 1. The second-order valence-electron chi connectivity index (χ2n) is 10.0. The van der Waals surface area contributed by atoms with Gasteiger partial charge in [-0.1, -0.05) is 65.8 Å².